The van der Waals surface area contributed by atoms with Crippen molar-refractivity contribution in [2.45, 2.75) is 6.92 Å². The normalized spacial score (nSPS) is 11.1. The zero-order valence-corrected chi connectivity index (χ0v) is 10.4. The van der Waals surface area contributed by atoms with Crippen molar-refractivity contribution in [3.8, 4) is 5.75 Å². The number of aromatic carboxylic acids is 1. The third-order valence-electron chi connectivity index (χ3n) is 3.14. The first-order chi connectivity index (χ1) is 9.13. The molecule has 0 radical (unpaired) electrons. The maximum Gasteiger partial charge on any atom is 0.336 e. The lowest BCUT2D eigenvalue weighted by atomic mass is 10.1. The number of aromatic nitrogens is 1. The Morgan fingerprint density at radius 2 is 2.11 bits per heavy atom. The molecule has 0 aliphatic carbocycles. The zero-order chi connectivity index (χ0) is 13.6. The zero-order valence-electron chi connectivity index (χ0n) is 10.4. The van der Waals surface area contributed by atoms with Crippen LogP contribution in [0.2, 0.25) is 0 Å². The van der Waals surface area contributed by atoms with Crippen LogP contribution in [0.25, 0.3) is 21.9 Å². The number of carboxylic acid groups (broad SMARTS) is 1. The van der Waals surface area contributed by atoms with Crippen LogP contribution in [0.1, 0.15) is 16.1 Å². The van der Waals surface area contributed by atoms with Crippen LogP contribution in [-0.2, 0) is 0 Å². The molecule has 0 saturated carbocycles. The monoisotopic (exact) mass is 257 g/mol. The first-order valence-electron chi connectivity index (χ1n) is 5.71. The molecule has 96 valence electrons. The molecule has 19 heavy (non-hydrogen) atoms. The number of pyridine rings is 1. The van der Waals surface area contributed by atoms with Crippen molar-refractivity contribution in [2.24, 2.45) is 0 Å². The van der Waals surface area contributed by atoms with E-state index in [0.29, 0.717) is 27.7 Å². The summed E-state index contributed by atoms with van der Waals surface area (Å²) in [6.45, 7) is 1.82. The van der Waals surface area contributed by atoms with Crippen molar-refractivity contribution in [2.75, 3.05) is 7.11 Å². The SMILES string of the molecule is COc1ccc(C(=O)O)c2c1oc1ccnc(C)c12. The molecule has 0 aliphatic rings. The van der Waals surface area contributed by atoms with Crippen molar-refractivity contribution in [1.29, 1.82) is 0 Å². The molecule has 0 saturated heterocycles. The average molecular weight is 257 g/mol. The second-order valence-electron chi connectivity index (χ2n) is 4.20. The fourth-order valence-corrected chi connectivity index (χ4v) is 2.29. The van der Waals surface area contributed by atoms with Crippen molar-refractivity contribution in [1.82, 2.24) is 4.98 Å². The van der Waals surface area contributed by atoms with Gasteiger partial charge in [0.1, 0.15) is 5.58 Å². The molecule has 3 rings (SSSR count). The maximum atomic E-state index is 11.4. The highest BCUT2D eigenvalue weighted by Gasteiger charge is 2.20. The molecule has 0 amide bonds. The molecular formula is C14H11NO4. The summed E-state index contributed by atoms with van der Waals surface area (Å²) in [5.74, 6) is -0.491. The van der Waals surface area contributed by atoms with E-state index in [-0.39, 0.29) is 5.56 Å². The lowest BCUT2D eigenvalue weighted by molar-refractivity contribution is 0.0699. The molecule has 0 spiro atoms. The largest absolute Gasteiger partial charge is 0.493 e. The number of ether oxygens (including phenoxy) is 1. The summed E-state index contributed by atoms with van der Waals surface area (Å²) in [4.78, 5) is 15.6. The number of hydrogen-bond donors (Lipinski definition) is 1. The molecule has 0 aliphatic heterocycles. The Morgan fingerprint density at radius 1 is 1.32 bits per heavy atom. The minimum atomic E-state index is -1.00. The molecule has 2 heterocycles. The van der Waals surface area contributed by atoms with E-state index in [4.69, 9.17) is 9.15 Å². The highest BCUT2D eigenvalue weighted by Crippen LogP contribution is 2.37. The van der Waals surface area contributed by atoms with Gasteiger partial charge in [-0.3, -0.25) is 4.98 Å². The van der Waals surface area contributed by atoms with E-state index in [1.165, 1.54) is 13.2 Å². The van der Waals surface area contributed by atoms with Crippen LogP contribution in [0.5, 0.6) is 5.75 Å². The summed E-state index contributed by atoms with van der Waals surface area (Å²) in [5, 5.41) is 10.6. The number of aryl methyl sites for hydroxylation is 1. The maximum absolute atomic E-state index is 11.4. The smallest absolute Gasteiger partial charge is 0.336 e. The predicted octanol–water partition coefficient (Wildman–Crippen LogP) is 3.00. The van der Waals surface area contributed by atoms with Gasteiger partial charge in [0.05, 0.1) is 18.1 Å². The topological polar surface area (TPSA) is 72.6 Å². The van der Waals surface area contributed by atoms with E-state index in [2.05, 4.69) is 4.98 Å². The number of carbonyl (C=O) groups is 1. The van der Waals surface area contributed by atoms with E-state index in [0.717, 1.165) is 5.69 Å². The van der Waals surface area contributed by atoms with Crippen LogP contribution in [0.4, 0.5) is 0 Å². The highest BCUT2D eigenvalue weighted by atomic mass is 16.5. The third-order valence-corrected chi connectivity index (χ3v) is 3.14. The Bertz CT molecular complexity index is 804. The van der Waals surface area contributed by atoms with Gasteiger partial charge in [-0.25, -0.2) is 4.79 Å². The number of nitrogens with zero attached hydrogens (tertiary/aromatic N) is 1. The Balaban J connectivity index is 2.60. The summed E-state index contributed by atoms with van der Waals surface area (Å²) in [7, 11) is 1.52. The van der Waals surface area contributed by atoms with Gasteiger partial charge >= 0.3 is 5.97 Å². The first kappa shape index (κ1) is 11.5. The molecule has 0 unspecified atom stereocenters. The summed E-state index contributed by atoms with van der Waals surface area (Å²) in [6.07, 6.45) is 1.63. The molecule has 0 fully saturated rings. The van der Waals surface area contributed by atoms with E-state index < -0.39 is 5.97 Å². The van der Waals surface area contributed by atoms with Crippen LogP contribution in [0, 0.1) is 6.92 Å². The second-order valence-corrected chi connectivity index (χ2v) is 4.20. The molecule has 0 atom stereocenters. The molecule has 5 nitrogen and oxygen atoms in total. The number of methoxy groups -OCH3 is 1. The Labute approximate surface area is 108 Å². The van der Waals surface area contributed by atoms with Crippen LogP contribution in [0.15, 0.2) is 28.8 Å². The van der Waals surface area contributed by atoms with Gasteiger partial charge in [-0.2, -0.15) is 0 Å². The van der Waals surface area contributed by atoms with Gasteiger partial charge in [-0.05, 0) is 25.1 Å². The Morgan fingerprint density at radius 3 is 2.79 bits per heavy atom. The summed E-state index contributed by atoms with van der Waals surface area (Å²) >= 11 is 0. The second kappa shape index (κ2) is 3.98. The predicted molar refractivity (Wildman–Crippen MR) is 69.8 cm³/mol. The lowest BCUT2D eigenvalue weighted by Crippen LogP contribution is -1.98. The molecular weight excluding hydrogens is 246 g/mol. The molecule has 0 bridgehead atoms. The van der Waals surface area contributed by atoms with Crippen molar-refractivity contribution in [3.05, 3.63) is 35.7 Å². The number of hydrogen-bond acceptors (Lipinski definition) is 4. The van der Waals surface area contributed by atoms with Crippen molar-refractivity contribution < 1.29 is 19.1 Å². The Kier molecular flexibility index (Phi) is 2.41. The lowest BCUT2D eigenvalue weighted by Gasteiger charge is -2.03. The van der Waals surface area contributed by atoms with Crippen LogP contribution in [-0.4, -0.2) is 23.2 Å². The standard InChI is InChI=1S/C14H11NO4/c1-7-11-9(5-6-15-7)19-13-10(18-2)4-3-8(12(11)13)14(16)17/h3-6H,1-2H3,(H,16,17). The number of carboxylic acids is 1. The van der Waals surface area contributed by atoms with Gasteiger partial charge in [0.25, 0.3) is 0 Å². The van der Waals surface area contributed by atoms with Gasteiger partial charge in [0.2, 0.25) is 0 Å². The number of furan rings is 1. The van der Waals surface area contributed by atoms with E-state index in [9.17, 15) is 9.90 Å². The quantitative estimate of drug-likeness (QED) is 0.764. The summed E-state index contributed by atoms with van der Waals surface area (Å²) in [5.41, 5.74) is 1.96. The molecule has 3 aromatic rings. The number of rotatable bonds is 2. The van der Waals surface area contributed by atoms with Crippen molar-refractivity contribution >= 4 is 27.9 Å². The fraction of sp³-hybridized carbons (Fsp3) is 0.143. The summed E-state index contributed by atoms with van der Waals surface area (Å²) < 4.78 is 10.9. The molecule has 5 heteroatoms. The number of fused-ring (bicyclic) bond motifs is 3. The fourth-order valence-electron chi connectivity index (χ4n) is 2.29. The molecule has 1 aromatic carbocycles. The number of benzene rings is 1. The summed E-state index contributed by atoms with van der Waals surface area (Å²) in [6, 6.07) is 4.83. The van der Waals surface area contributed by atoms with E-state index in [1.54, 1.807) is 18.3 Å². The van der Waals surface area contributed by atoms with Gasteiger partial charge < -0.3 is 14.3 Å². The first-order valence-corrected chi connectivity index (χ1v) is 5.71. The van der Waals surface area contributed by atoms with Gasteiger partial charge in [-0.1, -0.05) is 0 Å². The van der Waals surface area contributed by atoms with Gasteiger partial charge in [0.15, 0.2) is 11.3 Å². The minimum absolute atomic E-state index is 0.186. The molecule has 1 N–H and O–H groups in total. The van der Waals surface area contributed by atoms with Crippen LogP contribution < -0.4 is 4.74 Å². The highest BCUT2D eigenvalue weighted by molar-refractivity contribution is 6.16. The van der Waals surface area contributed by atoms with Gasteiger partial charge in [-0.15, -0.1) is 0 Å². The third kappa shape index (κ3) is 1.55. The van der Waals surface area contributed by atoms with Crippen LogP contribution >= 0.6 is 0 Å². The van der Waals surface area contributed by atoms with E-state index in [1.807, 2.05) is 6.92 Å². The Hall–Kier alpha value is -2.56. The van der Waals surface area contributed by atoms with Gasteiger partial charge in [0, 0.05) is 17.3 Å². The molecule has 2 aromatic heterocycles. The average Bonchev–Trinajstić information content (AvgIpc) is 2.77. The van der Waals surface area contributed by atoms with Crippen molar-refractivity contribution in [3.63, 3.8) is 0 Å². The van der Waals surface area contributed by atoms with E-state index >= 15 is 0 Å². The van der Waals surface area contributed by atoms with Crippen LogP contribution in [0.3, 0.4) is 0 Å². The minimum Gasteiger partial charge on any atom is -0.493 e.